The highest BCUT2D eigenvalue weighted by atomic mass is 19.1. The number of oxazole rings is 1. The van der Waals surface area contributed by atoms with Crippen molar-refractivity contribution in [1.82, 2.24) is 4.98 Å². The van der Waals surface area contributed by atoms with Gasteiger partial charge in [-0.15, -0.1) is 0 Å². The van der Waals surface area contributed by atoms with E-state index in [1.165, 1.54) is 12.1 Å². The number of halogens is 1. The number of anilines is 1. The van der Waals surface area contributed by atoms with Crippen molar-refractivity contribution in [3.05, 3.63) is 36.3 Å². The predicted molar refractivity (Wildman–Crippen MR) is 51.4 cm³/mol. The van der Waals surface area contributed by atoms with Crippen LogP contribution < -0.4 is 5.32 Å². The van der Waals surface area contributed by atoms with Gasteiger partial charge in [0.25, 0.3) is 6.01 Å². The van der Waals surface area contributed by atoms with E-state index in [9.17, 15) is 4.39 Å². The Balaban J connectivity index is 2.39. The molecule has 14 heavy (non-hydrogen) atoms. The van der Waals surface area contributed by atoms with Crippen LogP contribution in [0.25, 0.3) is 11.3 Å². The first-order chi connectivity index (χ1) is 6.79. The normalized spacial score (nSPS) is 10.1. The van der Waals surface area contributed by atoms with Crippen molar-refractivity contribution < 1.29 is 8.81 Å². The van der Waals surface area contributed by atoms with Gasteiger partial charge in [-0.2, -0.15) is 0 Å². The molecule has 1 aromatic carbocycles. The van der Waals surface area contributed by atoms with Crippen molar-refractivity contribution in [2.45, 2.75) is 0 Å². The van der Waals surface area contributed by atoms with E-state index in [0.717, 1.165) is 0 Å². The Labute approximate surface area is 80.6 Å². The summed E-state index contributed by atoms with van der Waals surface area (Å²) in [4.78, 5) is 3.94. The molecule has 0 aliphatic heterocycles. The fraction of sp³-hybridized carbons (Fsp3) is 0.100. The molecule has 0 saturated carbocycles. The number of rotatable bonds is 2. The molecule has 4 heteroatoms. The highest BCUT2D eigenvalue weighted by molar-refractivity contribution is 5.57. The third-order valence-electron chi connectivity index (χ3n) is 1.83. The van der Waals surface area contributed by atoms with Crippen molar-refractivity contribution in [3.8, 4) is 11.3 Å². The molecule has 72 valence electrons. The van der Waals surface area contributed by atoms with Crippen LogP contribution in [0.5, 0.6) is 0 Å². The van der Waals surface area contributed by atoms with Crippen LogP contribution in [0.3, 0.4) is 0 Å². The largest absolute Gasteiger partial charge is 0.424 e. The van der Waals surface area contributed by atoms with E-state index in [0.29, 0.717) is 17.3 Å². The molecule has 0 unspecified atom stereocenters. The Hall–Kier alpha value is -1.84. The summed E-state index contributed by atoms with van der Waals surface area (Å²) < 4.78 is 18.1. The predicted octanol–water partition coefficient (Wildman–Crippen LogP) is 2.52. The molecule has 0 aliphatic rings. The monoisotopic (exact) mass is 192 g/mol. The zero-order chi connectivity index (χ0) is 9.97. The van der Waals surface area contributed by atoms with Crippen LogP contribution in [0.2, 0.25) is 0 Å². The summed E-state index contributed by atoms with van der Waals surface area (Å²) in [5.41, 5.74) is 0.680. The number of benzene rings is 1. The molecule has 0 aliphatic carbocycles. The lowest BCUT2D eigenvalue weighted by molar-refractivity contribution is 0.587. The first-order valence-corrected chi connectivity index (χ1v) is 4.19. The second kappa shape index (κ2) is 3.49. The van der Waals surface area contributed by atoms with Crippen LogP contribution >= 0.6 is 0 Å². The van der Waals surface area contributed by atoms with Crippen LogP contribution in [-0.2, 0) is 0 Å². The summed E-state index contributed by atoms with van der Waals surface area (Å²) in [7, 11) is 1.71. The van der Waals surface area contributed by atoms with E-state index >= 15 is 0 Å². The summed E-state index contributed by atoms with van der Waals surface area (Å²) in [5, 5.41) is 2.76. The standard InChI is InChI=1S/C10H9FN2O/c1-12-10-13-6-9(14-10)7-3-2-4-8(11)5-7/h2-6H,1H3,(H,12,13). The minimum Gasteiger partial charge on any atom is -0.424 e. The Morgan fingerprint density at radius 3 is 2.93 bits per heavy atom. The highest BCUT2D eigenvalue weighted by Crippen LogP contribution is 2.22. The molecule has 1 N–H and O–H groups in total. The molecule has 0 atom stereocenters. The van der Waals surface area contributed by atoms with Gasteiger partial charge in [0.1, 0.15) is 5.82 Å². The van der Waals surface area contributed by atoms with Gasteiger partial charge in [0.05, 0.1) is 6.20 Å². The molecule has 0 fully saturated rings. The molecule has 2 aromatic rings. The second-order valence-corrected chi connectivity index (χ2v) is 2.79. The summed E-state index contributed by atoms with van der Waals surface area (Å²) in [5.74, 6) is 0.263. The molecule has 0 amide bonds. The Bertz CT molecular complexity index is 439. The van der Waals surface area contributed by atoms with E-state index in [-0.39, 0.29) is 5.82 Å². The fourth-order valence-corrected chi connectivity index (χ4v) is 1.16. The van der Waals surface area contributed by atoms with Crippen molar-refractivity contribution in [1.29, 1.82) is 0 Å². The molecule has 0 bridgehead atoms. The summed E-state index contributed by atoms with van der Waals surface area (Å²) in [6.07, 6.45) is 1.56. The number of hydrogen-bond donors (Lipinski definition) is 1. The van der Waals surface area contributed by atoms with Gasteiger partial charge < -0.3 is 9.73 Å². The number of nitrogens with one attached hydrogen (secondary N) is 1. The lowest BCUT2D eigenvalue weighted by atomic mass is 10.2. The minimum atomic E-state index is -0.287. The molecule has 1 aromatic heterocycles. The minimum absolute atomic E-state index is 0.287. The molecule has 0 saturated heterocycles. The number of aromatic nitrogens is 1. The van der Waals surface area contributed by atoms with Gasteiger partial charge in [0.15, 0.2) is 5.76 Å². The summed E-state index contributed by atoms with van der Waals surface area (Å²) in [6, 6.07) is 6.61. The molecule has 3 nitrogen and oxygen atoms in total. The quantitative estimate of drug-likeness (QED) is 0.794. The van der Waals surface area contributed by atoms with Crippen LogP contribution in [0, 0.1) is 5.82 Å². The first kappa shape index (κ1) is 8.74. The molecular formula is C10H9FN2O. The van der Waals surface area contributed by atoms with E-state index < -0.39 is 0 Å². The van der Waals surface area contributed by atoms with E-state index in [4.69, 9.17) is 4.42 Å². The fourth-order valence-electron chi connectivity index (χ4n) is 1.16. The van der Waals surface area contributed by atoms with Gasteiger partial charge in [-0.3, -0.25) is 0 Å². The van der Waals surface area contributed by atoms with Crippen molar-refractivity contribution in [3.63, 3.8) is 0 Å². The third-order valence-corrected chi connectivity index (χ3v) is 1.83. The molecule has 0 radical (unpaired) electrons. The third kappa shape index (κ3) is 1.59. The smallest absolute Gasteiger partial charge is 0.294 e. The van der Waals surface area contributed by atoms with E-state index in [1.54, 1.807) is 25.4 Å². The maximum atomic E-state index is 12.9. The van der Waals surface area contributed by atoms with Gasteiger partial charge in [-0.1, -0.05) is 12.1 Å². The van der Waals surface area contributed by atoms with Crippen molar-refractivity contribution in [2.24, 2.45) is 0 Å². The Morgan fingerprint density at radius 2 is 2.29 bits per heavy atom. The lowest BCUT2D eigenvalue weighted by Crippen LogP contribution is -1.85. The molecule has 2 rings (SSSR count). The maximum Gasteiger partial charge on any atom is 0.294 e. The highest BCUT2D eigenvalue weighted by Gasteiger charge is 2.05. The van der Waals surface area contributed by atoms with Crippen molar-refractivity contribution in [2.75, 3.05) is 12.4 Å². The van der Waals surface area contributed by atoms with E-state index in [2.05, 4.69) is 10.3 Å². The van der Waals surface area contributed by atoms with Crippen LogP contribution in [0.15, 0.2) is 34.9 Å². The molecule has 1 heterocycles. The lowest BCUT2D eigenvalue weighted by Gasteiger charge is -1.95. The topological polar surface area (TPSA) is 38.1 Å². The zero-order valence-electron chi connectivity index (χ0n) is 7.62. The van der Waals surface area contributed by atoms with Gasteiger partial charge in [0, 0.05) is 12.6 Å². The van der Waals surface area contributed by atoms with E-state index in [1.807, 2.05) is 0 Å². The van der Waals surface area contributed by atoms with Crippen LogP contribution in [0.4, 0.5) is 10.4 Å². The van der Waals surface area contributed by atoms with Crippen molar-refractivity contribution >= 4 is 6.01 Å². The Kier molecular flexibility index (Phi) is 2.18. The SMILES string of the molecule is CNc1ncc(-c2cccc(F)c2)o1. The average molecular weight is 192 g/mol. The average Bonchev–Trinajstić information content (AvgIpc) is 2.66. The van der Waals surface area contributed by atoms with Gasteiger partial charge in [-0.05, 0) is 12.1 Å². The molecule has 0 spiro atoms. The number of nitrogens with zero attached hydrogens (tertiary/aromatic N) is 1. The summed E-state index contributed by atoms with van der Waals surface area (Å²) in [6.45, 7) is 0. The first-order valence-electron chi connectivity index (χ1n) is 4.19. The second-order valence-electron chi connectivity index (χ2n) is 2.79. The Morgan fingerprint density at radius 1 is 1.43 bits per heavy atom. The zero-order valence-corrected chi connectivity index (χ0v) is 7.62. The van der Waals surface area contributed by atoms with Crippen LogP contribution in [-0.4, -0.2) is 12.0 Å². The summed E-state index contributed by atoms with van der Waals surface area (Å²) >= 11 is 0. The van der Waals surface area contributed by atoms with Crippen LogP contribution in [0.1, 0.15) is 0 Å². The van der Waals surface area contributed by atoms with Gasteiger partial charge in [0.2, 0.25) is 0 Å². The maximum absolute atomic E-state index is 12.9. The van der Waals surface area contributed by atoms with Gasteiger partial charge >= 0.3 is 0 Å². The van der Waals surface area contributed by atoms with Gasteiger partial charge in [-0.25, -0.2) is 9.37 Å². The molecular weight excluding hydrogens is 183 g/mol. The number of hydrogen-bond acceptors (Lipinski definition) is 3.